The molecule has 0 radical (unpaired) electrons. The first-order chi connectivity index (χ1) is 5.70. The number of nitrogens with one attached hydrogen (secondary N) is 1. The van der Waals surface area contributed by atoms with Crippen LogP contribution in [0.5, 0.6) is 5.75 Å². The van der Waals surface area contributed by atoms with Gasteiger partial charge in [-0.1, -0.05) is 5.16 Å². The topological polar surface area (TPSA) is 64.4 Å². The molecule has 0 aliphatic carbocycles. The van der Waals surface area contributed by atoms with Gasteiger partial charge < -0.3 is 14.6 Å². The first kappa shape index (κ1) is 8.58. The fraction of sp³-hybridized carbons (Fsp3) is 0.429. The molecule has 0 aromatic carbocycles. The summed E-state index contributed by atoms with van der Waals surface area (Å²) in [5.41, 5.74) is 0.178. The van der Waals surface area contributed by atoms with Gasteiger partial charge in [0.15, 0.2) is 11.5 Å². The smallest absolute Gasteiger partial charge is 0.277 e. The van der Waals surface area contributed by atoms with Crippen LogP contribution in [0.4, 0.5) is 0 Å². The maximum atomic E-state index is 11.1. The van der Waals surface area contributed by atoms with Crippen LogP contribution in [-0.2, 0) is 0 Å². The average molecular weight is 170 g/mol. The molecular formula is C7H10N2O3. The minimum atomic E-state index is -0.316. The second-order valence-electron chi connectivity index (χ2n) is 2.20. The Morgan fingerprint density at radius 3 is 2.83 bits per heavy atom. The van der Waals surface area contributed by atoms with E-state index in [2.05, 4.69) is 10.5 Å². The summed E-state index contributed by atoms with van der Waals surface area (Å²) >= 11 is 0. The largest absolute Gasteiger partial charge is 0.491 e. The zero-order valence-corrected chi connectivity index (χ0v) is 7.17. The monoisotopic (exact) mass is 170 g/mol. The normalized spacial score (nSPS) is 9.58. The van der Waals surface area contributed by atoms with Crippen LogP contribution >= 0.6 is 0 Å². The molecule has 0 atom stereocenters. The molecular weight excluding hydrogens is 160 g/mol. The van der Waals surface area contributed by atoms with E-state index in [0.717, 1.165) is 0 Å². The highest BCUT2D eigenvalue weighted by Gasteiger charge is 2.18. The van der Waals surface area contributed by atoms with Crippen LogP contribution in [0.3, 0.4) is 0 Å². The van der Waals surface area contributed by atoms with Gasteiger partial charge in [0, 0.05) is 14.0 Å². The van der Waals surface area contributed by atoms with Crippen molar-refractivity contribution in [1.82, 2.24) is 10.5 Å². The van der Waals surface area contributed by atoms with Gasteiger partial charge in [0.2, 0.25) is 5.69 Å². The van der Waals surface area contributed by atoms with Crippen LogP contribution in [0.2, 0.25) is 0 Å². The van der Waals surface area contributed by atoms with Crippen molar-refractivity contribution in [3.63, 3.8) is 0 Å². The molecule has 0 unspecified atom stereocenters. The van der Waals surface area contributed by atoms with Gasteiger partial charge in [-0.3, -0.25) is 4.79 Å². The van der Waals surface area contributed by atoms with Gasteiger partial charge in [0.25, 0.3) is 5.91 Å². The lowest BCUT2D eigenvalue weighted by Gasteiger charge is -1.97. The Morgan fingerprint density at radius 1 is 1.67 bits per heavy atom. The molecule has 12 heavy (non-hydrogen) atoms. The zero-order valence-electron chi connectivity index (χ0n) is 7.17. The minimum absolute atomic E-state index is 0.178. The van der Waals surface area contributed by atoms with Crippen LogP contribution in [0.25, 0.3) is 0 Å². The highest BCUT2D eigenvalue weighted by Crippen LogP contribution is 2.21. The molecule has 0 aliphatic heterocycles. The molecule has 5 nitrogen and oxygen atoms in total. The molecule has 66 valence electrons. The van der Waals surface area contributed by atoms with Crippen LogP contribution in [0.1, 0.15) is 16.2 Å². The van der Waals surface area contributed by atoms with Crippen LogP contribution in [0, 0.1) is 6.92 Å². The number of aryl methyl sites for hydroxylation is 1. The average Bonchev–Trinajstić information content (AvgIpc) is 2.45. The molecule has 0 fully saturated rings. The second kappa shape index (κ2) is 3.25. The summed E-state index contributed by atoms with van der Waals surface area (Å²) in [7, 11) is 2.98. The number of nitrogens with zero attached hydrogens (tertiary/aromatic N) is 1. The quantitative estimate of drug-likeness (QED) is 0.695. The molecule has 1 aromatic heterocycles. The number of ether oxygens (including phenoxy) is 1. The van der Waals surface area contributed by atoms with E-state index in [1.54, 1.807) is 6.92 Å². The third kappa shape index (κ3) is 1.25. The Kier molecular flexibility index (Phi) is 2.32. The summed E-state index contributed by atoms with van der Waals surface area (Å²) in [5.74, 6) is 0.564. The van der Waals surface area contributed by atoms with Gasteiger partial charge >= 0.3 is 0 Å². The van der Waals surface area contributed by atoms with Gasteiger partial charge in [0.05, 0.1) is 7.11 Å². The molecule has 0 aliphatic rings. The van der Waals surface area contributed by atoms with E-state index >= 15 is 0 Å². The van der Waals surface area contributed by atoms with Gasteiger partial charge in [-0.15, -0.1) is 0 Å². The standard InChI is InChI=1S/C7H10N2O3/c1-4-6(11-3)5(9-12-4)7(10)8-2/h1-3H3,(H,8,10). The number of amides is 1. The molecule has 1 aromatic rings. The van der Waals surface area contributed by atoms with E-state index < -0.39 is 0 Å². The third-order valence-corrected chi connectivity index (χ3v) is 1.45. The fourth-order valence-electron chi connectivity index (χ4n) is 0.867. The first-order valence-electron chi connectivity index (χ1n) is 3.43. The van der Waals surface area contributed by atoms with Crippen molar-refractivity contribution in [3.05, 3.63) is 11.5 Å². The highest BCUT2D eigenvalue weighted by atomic mass is 16.5. The summed E-state index contributed by atoms with van der Waals surface area (Å²) in [6, 6.07) is 0. The molecule has 0 saturated carbocycles. The van der Waals surface area contributed by atoms with E-state index in [9.17, 15) is 4.79 Å². The lowest BCUT2D eigenvalue weighted by molar-refractivity contribution is 0.0951. The van der Waals surface area contributed by atoms with Crippen molar-refractivity contribution in [2.45, 2.75) is 6.92 Å². The van der Waals surface area contributed by atoms with Crippen LogP contribution in [0.15, 0.2) is 4.52 Å². The molecule has 5 heteroatoms. The maximum absolute atomic E-state index is 11.1. The number of hydrogen-bond donors (Lipinski definition) is 1. The minimum Gasteiger partial charge on any atom is -0.491 e. The van der Waals surface area contributed by atoms with Crippen molar-refractivity contribution < 1.29 is 14.1 Å². The Balaban J connectivity index is 3.07. The van der Waals surface area contributed by atoms with Gasteiger partial charge in [-0.05, 0) is 0 Å². The highest BCUT2D eigenvalue weighted by molar-refractivity contribution is 5.94. The molecule has 1 amide bonds. The Bertz CT molecular complexity index is 293. The summed E-state index contributed by atoms with van der Waals surface area (Å²) in [6.45, 7) is 1.68. The Hall–Kier alpha value is -1.52. The number of methoxy groups -OCH3 is 1. The van der Waals surface area contributed by atoms with Gasteiger partial charge in [0.1, 0.15) is 0 Å². The maximum Gasteiger partial charge on any atom is 0.277 e. The molecule has 0 spiro atoms. The Labute approximate surface area is 69.7 Å². The van der Waals surface area contributed by atoms with E-state index in [-0.39, 0.29) is 11.6 Å². The SMILES string of the molecule is CNC(=O)c1noc(C)c1OC. The van der Waals surface area contributed by atoms with E-state index in [4.69, 9.17) is 9.26 Å². The molecule has 1 N–H and O–H groups in total. The third-order valence-electron chi connectivity index (χ3n) is 1.45. The number of aromatic nitrogens is 1. The summed E-state index contributed by atoms with van der Waals surface area (Å²) in [5, 5.41) is 5.97. The van der Waals surface area contributed by atoms with Crippen molar-refractivity contribution in [1.29, 1.82) is 0 Å². The van der Waals surface area contributed by atoms with E-state index in [0.29, 0.717) is 11.5 Å². The molecule has 0 saturated heterocycles. The van der Waals surface area contributed by atoms with Crippen LogP contribution in [-0.4, -0.2) is 25.2 Å². The van der Waals surface area contributed by atoms with E-state index in [1.807, 2.05) is 0 Å². The molecule has 1 heterocycles. The van der Waals surface area contributed by atoms with Gasteiger partial charge in [-0.25, -0.2) is 0 Å². The lowest BCUT2D eigenvalue weighted by Crippen LogP contribution is -2.18. The van der Waals surface area contributed by atoms with Gasteiger partial charge in [-0.2, -0.15) is 0 Å². The van der Waals surface area contributed by atoms with Crippen molar-refractivity contribution in [3.8, 4) is 5.75 Å². The number of carbonyl (C=O) groups is 1. The second-order valence-corrected chi connectivity index (χ2v) is 2.20. The predicted molar refractivity (Wildman–Crippen MR) is 41.2 cm³/mol. The zero-order chi connectivity index (χ0) is 9.14. The molecule has 1 rings (SSSR count). The predicted octanol–water partition coefficient (Wildman–Crippen LogP) is 0.351. The summed E-state index contributed by atoms with van der Waals surface area (Å²) in [4.78, 5) is 11.1. The number of hydrogen-bond acceptors (Lipinski definition) is 4. The summed E-state index contributed by atoms with van der Waals surface area (Å²) in [6.07, 6.45) is 0. The Morgan fingerprint density at radius 2 is 2.33 bits per heavy atom. The number of carbonyl (C=O) groups excluding carboxylic acids is 1. The summed E-state index contributed by atoms with van der Waals surface area (Å²) < 4.78 is 9.70. The van der Waals surface area contributed by atoms with Crippen LogP contribution < -0.4 is 10.1 Å². The molecule has 0 bridgehead atoms. The number of rotatable bonds is 2. The van der Waals surface area contributed by atoms with Crippen molar-refractivity contribution >= 4 is 5.91 Å². The fourth-order valence-corrected chi connectivity index (χ4v) is 0.867. The first-order valence-corrected chi connectivity index (χ1v) is 3.43. The van der Waals surface area contributed by atoms with E-state index in [1.165, 1.54) is 14.2 Å². The van der Waals surface area contributed by atoms with Crippen molar-refractivity contribution in [2.24, 2.45) is 0 Å². The lowest BCUT2D eigenvalue weighted by atomic mass is 10.3. The van der Waals surface area contributed by atoms with Crippen molar-refractivity contribution in [2.75, 3.05) is 14.2 Å².